The first-order valence-electron chi connectivity index (χ1n) is 8.73. The molecule has 142 valence electrons. The number of aromatic nitrogens is 5. The van der Waals surface area contributed by atoms with Gasteiger partial charge in [0.1, 0.15) is 6.07 Å². The van der Waals surface area contributed by atoms with Crippen molar-refractivity contribution in [2.24, 2.45) is 7.05 Å². The first kappa shape index (κ1) is 18.1. The van der Waals surface area contributed by atoms with Gasteiger partial charge in [0.25, 0.3) is 0 Å². The van der Waals surface area contributed by atoms with Gasteiger partial charge in [-0.05, 0) is 18.9 Å². The Morgan fingerprint density at radius 1 is 1.11 bits per heavy atom. The molecule has 0 saturated carbocycles. The van der Waals surface area contributed by atoms with Crippen LogP contribution >= 0.6 is 11.6 Å². The highest BCUT2D eigenvalue weighted by Gasteiger charge is 2.25. The molecule has 3 aromatic rings. The Bertz CT molecular complexity index is 1200. The van der Waals surface area contributed by atoms with Crippen molar-refractivity contribution >= 4 is 28.5 Å². The molecule has 0 N–H and O–H groups in total. The zero-order valence-corrected chi connectivity index (χ0v) is 15.8. The van der Waals surface area contributed by atoms with Crippen LogP contribution in [0.15, 0.2) is 34.2 Å². The molecule has 4 rings (SSSR count). The van der Waals surface area contributed by atoms with E-state index >= 15 is 0 Å². The number of pyridine rings is 1. The van der Waals surface area contributed by atoms with Crippen LogP contribution in [0.4, 0.5) is 5.69 Å². The van der Waals surface area contributed by atoms with E-state index in [0.29, 0.717) is 42.1 Å². The van der Waals surface area contributed by atoms with Crippen molar-refractivity contribution in [2.75, 3.05) is 18.0 Å². The number of piperidine rings is 1. The lowest BCUT2D eigenvalue weighted by molar-refractivity contribution is 0.392. The van der Waals surface area contributed by atoms with Gasteiger partial charge in [0.05, 0.1) is 28.6 Å². The molecule has 28 heavy (non-hydrogen) atoms. The predicted molar refractivity (Wildman–Crippen MR) is 103 cm³/mol. The van der Waals surface area contributed by atoms with Crippen LogP contribution in [0, 0.1) is 11.3 Å². The normalized spacial score (nSPS) is 15.0. The van der Waals surface area contributed by atoms with Gasteiger partial charge in [0.2, 0.25) is 5.82 Å². The number of halogens is 1. The number of rotatable bonds is 2. The molecule has 0 aromatic carbocycles. The van der Waals surface area contributed by atoms with Crippen molar-refractivity contribution in [3.63, 3.8) is 0 Å². The Morgan fingerprint density at radius 2 is 1.79 bits per heavy atom. The lowest BCUT2D eigenvalue weighted by Gasteiger charge is -2.34. The number of aryl methyl sites for hydroxylation is 1. The second-order valence-corrected chi connectivity index (χ2v) is 7.07. The Balaban J connectivity index is 1.66. The van der Waals surface area contributed by atoms with Gasteiger partial charge in [-0.1, -0.05) is 11.6 Å². The largest absolute Gasteiger partial charge is 0.369 e. The molecule has 3 aromatic heterocycles. The lowest BCUT2D eigenvalue weighted by atomic mass is 10.0. The smallest absolute Gasteiger partial charge is 0.318 e. The van der Waals surface area contributed by atoms with E-state index in [2.05, 4.69) is 19.9 Å². The van der Waals surface area contributed by atoms with E-state index in [0.717, 1.165) is 5.69 Å². The average Bonchev–Trinajstić information content (AvgIpc) is 2.73. The molecular weight excluding hydrogens is 382 g/mol. The number of nitrogens with zero attached hydrogens (tertiary/aromatic N) is 7. The maximum absolute atomic E-state index is 12.7. The minimum atomic E-state index is -0.598. The zero-order chi connectivity index (χ0) is 19.8. The van der Waals surface area contributed by atoms with Gasteiger partial charge < -0.3 is 9.47 Å². The van der Waals surface area contributed by atoms with Crippen LogP contribution in [0.1, 0.15) is 24.7 Å². The molecule has 1 fully saturated rings. The van der Waals surface area contributed by atoms with Crippen molar-refractivity contribution in [1.82, 2.24) is 24.1 Å². The fraction of sp³-hybridized carbons (Fsp3) is 0.333. The fourth-order valence-corrected chi connectivity index (χ4v) is 3.72. The Hall–Kier alpha value is -3.25. The van der Waals surface area contributed by atoms with Crippen molar-refractivity contribution in [3.05, 3.63) is 56.2 Å². The molecule has 1 saturated heterocycles. The second-order valence-electron chi connectivity index (χ2n) is 6.63. The van der Waals surface area contributed by atoms with Gasteiger partial charge in [0.15, 0.2) is 5.65 Å². The molecule has 9 nitrogen and oxygen atoms in total. The van der Waals surface area contributed by atoms with E-state index in [4.69, 9.17) is 16.9 Å². The summed E-state index contributed by atoms with van der Waals surface area (Å²) in [7, 11) is 1.54. The summed E-state index contributed by atoms with van der Waals surface area (Å²) in [5, 5.41) is 9.21. The van der Waals surface area contributed by atoms with Crippen LogP contribution in [0.5, 0.6) is 0 Å². The van der Waals surface area contributed by atoms with E-state index in [9.17, 15) is 9.59 Å². The molecule has 0 spiro atoms. The van der Waals surface area contributed by atoms with Crippen molar-refractivity contribution in [2.45, 2.75) is 18.9 Å². The SMILES string of the molecule is Cn1c(=O)c(=O)n(C2CCN(c3cnc(C#N)nc3)CC2)c2ncc(Cl)cc21. The Labute approximate surface area is 164 Å². The van der Waals surface area contributed by atoms with E-state index in [1.165, 1.54) is 15.3 Å². The molecular formula is C18H16ClN7O2. The van der Waals surface area contributed by atoms with Gasteiger partial charge in [-0.15, -0.1) is 0 Å². The highest BCUT2D eigenvalue weighted by Crippen LogP contribution is 2.27. The maximum atomic E-state index is 12.7. The summed E-state index contributed by atoms with van der Waals surface area (Å²) in [6, 6.07) is 3.39. The topological polar surface area (TPSA) is 110 Å². The summed E-state index contributed by atoms with van der Waals surface area (Å²) in [5.74, 6) is 0.126. The van der Waals surface area contributed by atoms with Crippen molar-refractivity contribution in [3.8, 4) is 6.07 Å². The molecule has 0 aliphatic carbocycles. The highest BCUT2D eigenvalue weighted by atomic mass is 35.5. The van der Waals surface area contributed by atoms with Crippen LogP contribution in [0.3, 0.4) is 0 Å². The molecule has 0 radical (unpaired) electrons. The standard InChI is InChI=1S/C18H16ClN7O2/c1-24-14-6-11(19)8-23-16(14)26(18(28)17(24)27)12-2-4-25(5-3-12)13-9-21-15(7-20)22-10-13/h6,8-10,12H,2-5H2,1H3. The fourth-order valence-electron chi connectivity index (χ4n) is 3.57. The summed E-state index contributed by atoms with van der Waals surface area (Å²) in [5.41, 5.74) is 0.629. The van der Waals surface area contributed by atoms with E-state index < -0.39 is 11.1 Å². The predicted octanol–water partition coefficient (Wildman–Crippen LogP) is 1.25. The third kappa shape index (κ3) is 3.01. The first-order valence-corrected chi connectivity index (χ1v) is 9.11. The lowest BCUT2D eigenvalue weighted by Crippen LogP contribution is -2.45. The second kappa shape index (κ2) is 7.05. The number of fused-ring (bicyclic) bond motifs is 1. The molecule has 1 aliphatic rings. The molecule has 1 aliphatic heterocycles. The molecule has 0 atom stereocenters. The summed E-state index contributed by atoms with van der Waals surface area (Å²) in [6.45, 7) is 1.33. The number of anilines is 1. The van der Waals surface area contributed by atoms with Crippen molar-refractivity contribution in [1.29, 1.82) is 5.26 Å². The zero-order valence-electron chi connectivity index (χ0n) is 15.0. The van der Waals surface area contributed by atoms with Crippen LogP contribution in [-0.2, 0) is 7.05 Å². The molecule has 4 heterocycles. The Kier molecular flexibility index (Phi) is 4.57. The molecule has 10 heteroatoms. The van der Waals surface area contributed by atoms with Gasteiger partial charge in [-0.25, -0.2) is 15.0 Å². The summed E-state index contributed by atoms with van der Waals surface area (Å²) in [6.07, 6.45) is 6.04. The maximum Gasteiger partial charge on any atom is 0.318 e. The number of hydrogen-bond acceptors (Lipinski definition) is 7. The highest BCUT2D eigenvalue weighted by molar-refractivity contribution is 6.31. The summed E-state index contributed by atoms with van der Waals surface area (Å²) < 4.78 is 2.79. The number of nitriles is 1. The third-order valence-electron chi connectivity index (χ3n) is 5.04. The van der Waals surface area contributed by atoms with Crippen LogP contribution < -0.4 is 16.0 Å². The minimum Gasteiger partial charge on any atom is -0.369 e. The quantitative estimate of drug-likeness (QED) is 0.598. The summed E-state index contributed by atoms with van der Waals surface area (Å²) in [4.78, 5) is 39.5. The van der Waals surface area contributed by atoms with Gasteiger partial charge >= 0.3 is 11.1 Å². The van der Waals surface area contributed by atoms with E-state index in [-0.39, 0.29) is 11.9 Å². The molecule has 0 unspecified atom stereocenters. The first-order chi connectivity index (χ1) is 13.5. The van der Waals surface area contributed by atoms with Crippen molar-refractivity contribution < 1.29 is 0 Å². The Morgan fingerprint density at radius 3 is 2.43 bits per heavy atom. The average molecular weight is 398 g/mol. The minimum absolute atomic E-state index is 0.126. The third-order valence-corrected chi connectivity index (χ3v) is 5.25. The molecule has 0 amide bonds. The number of hydrogen-bond donors (Lipinski definition) is 0. The van der Waals surface area contributed by atoms with Gasteiger partial charge in [-0.3, -0.25) is 14.2 Å². The van der Waals surface area contributed by atoms with E-state index in [1.807, 2.05) is 6.07 Å². The van der Waals surface area contributed by atoms with Gasteiger partial charge in [0, 0.05) is 32.4 Å². The summed E-state index contributed by atoms with van der Waals surface area (Å²) >= 11 is 6.03. The van der Waals surface area contributed by atoms with Crippen LogP contribution in [-0.4, -0.2) is 37.2 Å². The van der Waals surface area contributed by atoms with E-state index in [1.54, 1.807) is 25.5 Å². The van der Waals surface area contributed by atoms with Gasteiger partial charge in [-0.2, -0.15) is 5.26 Å². The monoisotopic (exact) mass is 397 g/mol. The molecule has 0 bridgehead atoms. The van der Waals surface area contributed by atoms with Crippen LogP contribution in [0.25, 0.3) is 11.2 Å². The van der Waals surface area contributed by atoms with Crippen LogP contribution in [0.2, 0.25) is 5.02 Å².